The predicted molar refractivity (Wildman–Crippen MR) is 73.2 cm³/mol. The monoisotopic (exact) mass is 263 g/mol. The fourth-order valence-electron chi connectivity index (χ4n) is 1.59. The molecule has 0 aliphatic rings. The highest BCUT2D eigenvalue weighted by Gasteiger charge is 2.06. The van der Waals surface area contributed by atoms with Gasteiger partial charge in [0, 0.05) is 12.1 Å². The zero-order valence-electron chi connectivity index (χ0n) is 10.3. The van der Waals surface area contributed by atoms with Crippen LogP contribution >= 0.6 is 11.6 Å². The molecule has 94 valence electrons. The van der Waals surface area contributed by atoms with Gasteiger partial charge in [-0.2, -0.15) is 0 Å². The first-order chi connectivity index (χ1) is 8.74. The second kappa shape index (κ2) is 5.69. The van der Waals surface area contributed by atoms with Gasteiger partial charge in [-0.25, -0.2) is 4.98 Å². The lowest BCUT2D eigenvalue weighted by Crippen LogP contribution is -2.00. The summed E-state index contributed by atoms with van der Waals surface area (Å²) in [5.41, 5.74) is 1.70. The highest BCUT2D eigenvalue weighted by atomic mass is 35.5. The van der Waals surface area contributed by atoms with Gasteiger partial charge < -0.3 is 10.1 Å². The van der Waals surface area contributed by atoms with Crippen molar-refractivity contribution in [3.05, 3.63) is 35.6 Å². The highest BCUT2D eigenvalue weighted by Crippen LogP contribution is 2.29. The Morgan fingerprint density at radius 2 is 2.17 bits per heavy atom. The molecule has 0 bridgehead atoms. The van der Waals surface area contributed by atoms with Gasteiger partial charge >= 0.3 is 0 Å². The number of halogens is 1. The van der Waals surface area contributed by atoms with Crippen molar-refractivity contribution in [1.29, 1.82) is 0 Å². The van der Waals surface area contributed by atoms with Gasteiger partial charge in [0.15, 0.2) is 0 Å². The van der Waals surface area contributed by atoms with E-state index in [1.807, 2.05) is 19.1 Å². The van der Waals surface area contributed by atoms with Crippen LogP contribution in [-0.2, 0) is 0 Å². The van der Waals surface area contributed by atoms with Crippen molar-refractivity contribution in [1.82, 2.24) is 9.97 Å². The Labute approximate surface area is 111 Å². The molecule has 0 saturated heterocycles. The van der Waals surface area contributed by atoms with Crippen LogP contribution in [-0.4, -0.2) is 23.6 Å². The van der Waals surface area contributed by atoms with E-state index in [-0.39, 0.29) is 0 Å². The van der Waals surface area contributed by atoms with Gasteiger partial charge in [-0.1, -0.05) is 17.7 Å². The standard InChI is InChI=1S/C13H14ClN3O/c1-3-16-13-8-15-7-11(17-13)9-4-5-10(14)12(6-9)18-2/h4-8H,3H2,1-2H3,(H,16,17). The lowest BCUT2D eigenvalue weighted by atomic mass is 10.1. The van der Waals surface area contributed by atoms with Crippen molar-refractivity contribution >= 4 is 17.4 Å². The molecule has 0 atom stereocenters. The summed E-state index contributed by atoms with van der Waals surface area (Å²) in [4.78, 5) is 8.62. The number of aromatic nitrogens is 2. The predicted octanol–water partition coefficient (Wildman–Crippen LogP) is 3.24. The van der Waals surface area contributed by atoms with Crippen molar-refractivity contribution in [3.63, 3.8) is 0 Å². The first kappa shape index (κ1) is 12.6. The van der Waals surface area contributed by atoms with E-state index >= 15 is 0 Å². The molecule has 0 unspecified atom stereocenters. The molecule has 1 heterocycles. The summed E-state index contributed by atoms with van der Waals surface area (Å²) in [6, 6.07) is 5.53. The van der Waals surface area contributed by atoms with Crippen LogP contribution in [0.25, 0.3) is 11.3 Å². The molecule has 2 rings (SSSR count). The summed E-state index contributed by atoms with van der Waals surface area (Å²) < 4.78 is 5.19. The van der Waals surface area contributed by atoms with E-state index in [1.54, 1.807) is 25.6 Å². The van der Waals surface area contributed by atoms with Crippen LogP contribution < -0.4 is 10.1 Å². The molecular weight excluding hydrogens is 250 g/mol. The van der Waals surface area contributed by atoms with E-state index in [1.165, 1.54) is 0 Å². The van der Waals surface area contributed by atoms with Crippen molar-refractivity contribution in [2.45, 2.75) is 6.92 Å². The molecule has 0 aliphatic carbocycles. The summed E-state index contributed by atoms with van der Waals surface area (Å²) in [5, 5.41) is 3.71. The molecule has 1 aromatic heterocycles. The van der Waals surface area contributed by atoms with Crippen LogP contribution in [0.3, 0.4) is 0 Å². The minimum atomic E-state index is 0.581. The van der Waals surface area contributed by atoms with Crippen molar-refractivity contribution < 1.29 is 4.74 Å². The third-order valence-electron chi connectivity index (χ3n) is 2.44. The molecule has 1 aromatic carbocycles. The Morgan fingerprint density at radius 1 is 1.33 bits per heavy atom. The van der Waals surface area contributed by atoms with Gasteiger partial charge in [-0.15, -0.1) is 0 Å². The number of rotatable bonds is 4. The first-order valence-electron chi connectivity index (χ1n) is 5.64. The average Bonchev–Trinajstić information content (AvgIpc) is 2.40. The Balaban J connectivity index is 2.38. The van der Waals surface area contributed by atoms with Gasteiger partial charge in [0.2, 0.25) is 0 Å². The maximum atomic E-state index is 5.99. The molecular formula is C13H14ClN3O. The van der Waals surface area contributed by atoms with Crippen LogP contribution in [0.2, 0.25) is 5.02 Å². The molecule has 0 amide bonds. The molecule has 0 aliphatic heterocycles. The molecule has 0 spiro atoms. The number of nitrogens with zero attached hydrogens (tertiary/aromatic N) is 2. The minimum absolute atomic E-state index is 0.581. The second-order valence-electron chi connectivity index (χ2n) is 3.67. The van der Waals surface area contributed by atoms with Crippen LogP contribution in [0.15, 0.2) is 30.6 Å². The molecule has 4 nitrogen and oxygen atoms in total. The molecule has 0 radical (unpaired) electrons. The second-order valence-corrected chi connectivity index (χ2v) is 4.08. The number of anilines is 1. The zero-order chi connectivity index (χ0) is 13.0. The van der Waals surface area contributed by atoms with E-state index < -0.39 is 0 Å². The summed E-state index contributed by atoms with van der Waals surface area (Å²) >= 11 is 5.99. The van der Waals surface area contributed by atoms with E-state index in [0.717, 1.165) is 23.6 Å². The SMILES string of the molecule is CCNc1cncc(-c2ccc(Cl)c(OC)c2)n1. The maximum absolute atomic E-state index is 5.99. The number of methoxy groups -OCH3 is 1. The van der Waals surface area contributed by atoms with Crippen LogP contribution in [0.5, 0.6) is 5.75 Å². The van der Waals surface area contributed by atoms with Gasteiger partial charge in [-0.05, 0) is 19.1 Å². The van der Waals surface area contributed by atoms with Crippen LogP contribution in [0, 0.1) is 0 Å². The average molecular weight is 264 g/mol. The Hall–Kier alpha value is -1.81. The van der Waals surface area contributed by atoms with Crippen LogP contribution in [0.1, 0.15) is 6.92 Å². The van der Waals surface area contributed by atoms with Gasteiger partial charge in [0.1, 0.15) is 11.6 Å². The quantitative estimate of drug-likeness (QED) is 0.920. The van der Waals surface area contributed by atoms with Crippen LogP contribution in [0.4, 0.5) is 5.82 Å². The number of nitrogens with one attached hydrogen (secondary N) is 1. The molecule has 0 saturated carbocycles. The van der Waals surface area contributed by atoms with Crippen molar-refractivity contribution in [2.24, 2.45) is 0 Å². The van der Waals surface area contributed by atoms with Gasteiger partial charge in [0.05, 0.1) is 30.2 Å². The zero-order valence-corrected chi connectivity index (χ0v) is 11.0. The molecule has 1 N–H and O–H groups in total. The maximum Gasteiger partial charge on any atom is 0.145 e. The lowest BCUT2D eigenvalue weighted by Gasteiger charge is -2.07. The molecule has 0 fully saturated rings. The van der Waals surface area contributed by atoms with E-state index in [2.05, 4.69) is 15.3 Å². The van der Waals surface area contributed by atoms with E-state index in [0.29, 0.717) is 10.8 Å². The Morgan fingerprint density at radius 3 is 2.89 bits per heavy atom. The lowest BCUT2D eigenvalue weighted by molar-refractivity contribution is 0.415. The number of ether oxygens (including phenoxy) is 1. The summed E-state index contributed by atoms with van der Waals surface area (Å²) in [6.45, 7) is 2.82. The number of hydrogen-bond donors (Lipinski definition) is 1. The molecule has 18 heavy (non-hydrogen) atoms. The first-order valence-corrected chi connectivity index (χ1v) is 6.02. The highest BCUT2D eigenvalue weighted by molar-refractivity contribution is 6.32. The summed E-state index contributed by atoms with van der Waals surface area (Å²) in [7, 11) is 1.59. The van der Waals surface area contributed by atoms with Crippen molar-refractivity contribution in [3.8, 4) is 17.0 Å². The summed E-state index contributed by atoms with van der Waals surface area (Å²) in [6.07, 6.45) is 3.41. The van der Waals surface area contributed by atoms with Crippen molar-refractivity contribution in [2.75, 3.05) is 19.0 Å². The Bertz CT molecular complexity index is 546. The van der Waals surface area contributed by atoms with E-state index in [9.17, 15) is 0 Å². The topological polar surface area (TPSA) is 47.0 Å². The Kier molecular flexibility index (Phi) is 3.99. The fraction of sp³-hybridized carbons (Fsp3) is 0.231. The minimum Gasteiger partial charge on any atom is -0.495 e. The van der Waals surface area contributed by atoms with E-state index in [4.69, 9.17) is 16.3 Å². The third kappa shape index (κ3) is 2.71. The molecule has 5 heteroatoms. The fourth-order valence-corrected chi connectivity index (χ4v) is 1.79. The van der Waals surface area contributed by atoms with Gasteiger partial charge in [0.25, 0.3) is 0 Å². The smallest absolute Gasteiger partial charge is 0.145 e. The van der Waals surface area contributed by atoms with Gasteiger partial charge in [-0.3, -0.25) is 4.98 Å². The summed E-state index contributed by atoms with van der Waals surface area (Å²) in [5.74, 6) is 1.38. The molecule has 2 aromatic rings. The normalized spacial score (nSPS) is 10.2. The number of hydrogen-bond acceptors (Lipinski definition) is 4. The third-order valence-corrected chi connectivity index (χ3v) is 2.75. The largest absolute Gasteiger partial charge is 0.495 e. The number of benzene rings is 1.